The highest BCUT2D eigenvalue weighted by Crippen LogP contribution is 2.21. The molecule has 0 saturated carbocycles. The van der Waals surface area contributed by atoms with Gasteiger partial charge in [-0.05, 0) is 26.3 Å². The van der Waals surface area contributed by atoms with Crippen molar-refractivity contribution in [3.05, 3.63) is 0 Å². The van der Waals surface area contributed by atoms with Crippen LogP contribution in [0.1, 0.15) is 19.8 Å². The van der Waals surface area contributed by atoms with Gasteiger partial charge in [0.05, 0.1) is 5.00 Å². The summed E-state index contributed by atoms with van der Waals surface area (Å²) >= 11 is 5.86. The van der Waals surface area contributed by atoms with Crippen LogP contribution in [0.2, 0.25) is 0 Å². The van der Waals surface area contributed by atoms with E-state index in [0.717, 1.165) is 13.0 Å². The fraction of sp³-hybridized carbons (Fsp3) is 1.00. The van der Waals surface area contributed by atoms with Crippen LogP contribution in [0, 0.1) is 0 Å². The molecule has 1 saturated heterocycles. The Bertz CT molecular complexity index is 62.5. The molecule has 0 unspecified atom stereocenters. The summed E-state index contributed by atoms with van der Waals surface area (Å²) in [5.74, 6) is 0. The maximum Gasteiger partial charge on any atom is 0.0907 e. The number of hydrogen-bond donors (Lipinski definition) is 1. The molecule has 1 aliphatic heterocycles. The van der Waals surface area contributed by atoms with E-state index >= 15 is 0 Å². The van der Waals surface area contributed by atoms with Crippen LogP contribution in [0.25, 0.3) is 0 Å². The van der Waals surface area contributed by atoms with Crippen LogP contribution in [0.4, 0.5) is 0 Å². The van der Waals surface area contributed by atoms with Gasteiger partial charge < -0.3 is 0 Å². The second kappa shape index (κ2) is 1.64. The van der Waals surface area contributed by atoms with Crippen molar-refractivity contribution in [3.63, 3.8) is 0 Å². The maximum atomic E-state index is 5.86. The molecule has 0 radical (unpaired) electrons. The zero-order valence-corrected chi connectivity index (χ0v) is 5.26. The summed E-state index contributed by atoms with van der Waals surface area (Å²) in [4.78, 5) is -0.0833. The van der Waals surface area contributed by atoms with Crippen molar-refractivity contribution in [1.82, 2.24) is 5.32 Å². The molecule has 0 aromatic rings. The number of alkyl halides is 1. The van der Waals surface area contributed by atoms with Crippen LogP contribution in [0.5, 0.6) is 0 Å². The second-order valence-electron chi connectivity index (χ2n) is 2.23. The molecule has 1 N–H and O–H groups in total. The van der Waals surface area contributed by atoms with Crippen molar-refractivity contribution < 1.29 is 0 Å². The molecule has 1 atom stereocenters. The van der Waals surface area contributed by atoms with E-state index in [1.807, 2.05) is 6.92 Å². The molecular weight excluding hydrogens is 110 g/mol. The van der Waals surface area contributed by atoms with E-state index in [0.29, 0.717) is 0 Å². The molecule has 1 rings (SSSR count). The SMILES string of the molecule is C[C@]1(Cl)CCCN1. The minimum Gasteiger partial charge on any atom is -0.299 e. The smallest absolute Gasteiger partial charge is 0.0907 e. The molecule has 7 heavy (non-hydrogen) atoms. The average molecular weight is 120 g/mol. The van der Waals surface area contributed by atoms with E-state index in [2.05, 4.69) is 5.32 Å². The quantitative estimate of drug-likeness (QED) is 0.375. The number of halogens is 1. The Hall–Kier alpha value is 0.250. The van der Waals surface area contributed by atoms with Gasteiger partial charge in [0.25, 0.3) is 0 Å². The van der Waals surface area contributed by atoms with E-state index in [-0.39, 0.29) is 5.00 Å². The van der Waals surface area contributed by atoms with Gasteiger partial charge in [-0.25, -0.2) is 0 Å². The molecule has 0 aromatic carbocycles. The van der Waals surface area contributed by atoms with Crippen LogP contribution in [0.3, 0.4) is 0 Å². The van der Waals surface area contributed by atoms with Crippen LogP contribution in [-0.2, 0) is 0 Å². The first kappa shape index (κ1) is 5.39. The van der Waals surface area contributed by atoms with Crippen molar-refractivity contribution in [2.24, 2.45) is 0 Å². The monoisotopic (exact) mass is 119 g/mol. The Labute approximate surface area is 49.0 Å². The summed E-state index contributed by atoms with van der Waals surface area (Å²) in [6.45, 7) is 3.10. The number of hydrogen-bond acceptors (Lipinski definition) is 1. The number of nitrogens with one attached hydrogen (secondary N) is 1. The van der Waals surface area contributed by atoms with E-state index in [4.69, 9.17) is 11.6 Å². The summed E-state index contributed by atoms with van der Waals surface area (Å²) in [6, 6.07) is 0. The standard InChI is InChI=1S/C5H10ClN/c1-5(6)3-2-4-7-5/h7H,2-4H2,1H3/t5-/m1/s1. The molecule has 1 nitrogen and oxygen atoms in total. The van der Waals surface area contributed by atoms with Crippen molar-refractivity contribution in [3.8, 4) is 0 Å². The topological polar surface area (TPSA) is 12.0 Å². The third-order valence-electron chi connectivity index (χ3n) is 1.32. The summed E-state index contributed by atoms with van der Waals surface area (Å²) in [5.41, 5.74) is 0. The number of rotatable bonds is 0. The molecule has 0 aliphatic carbocycles. The van der Waals surface area contributed by atoms with Crippen LogP contribution < -0.4 is 5.32 Å². The van der Waals surface area contributed by atoms with Gasteiger partial charge in [0.1, 0.15) is 0 Å². The van der Waals surface area contributed by atoms with Crippen LogP contribution in [-0.4, -0.2) is 11.5 Å². The largest absolute Gasteiger partial charge is 0.299 e. The highest BCUT2D eigenvalue weighted by molar-refractivity contribution is 6.23. The minimum atomic E-state index is -0.0833. The van der Waals surface area contributed by atoms with E-state index in [9.17, 15) is 0 Å². The van der Waals surface area contributed by atoms with Gasteiger partial charge in [-0.2, -0.15) is 0 Å². The van der Waals surface area contributed by atoms with Gasteiger partial charge in [-0.15, -0.1) is 11.6 Å². The second-order valence-corrected chi connectivity index (χ2v) is 3.06. The first-order chi connectivity index (χ1) is 3.21. The third kappa shape index (κ3) is 1.32. The van der Waals surface area contributed by atoms with Gasteiger partial charge in [0.15, 0.2) is 0 Å². The van der Waals surface area contributed by atoms with Gasteiger partial charge in [-0.1, -0.05) is 0 Å². The van der Waals surface area contributed by atoms with Gasteiger partial charge in [0, 0.05) is 0 Å². The Morgan fingerprint density at radius 1 is 1.71 bits per heavy atom. The van der Waals surface area contributed by atoms with E-state index in [1.54, 1.807) is 0 Å². The normalized spacial score (nSPS) is 42.0. The average Bonchev–Trinajstić information content (AvgIpc) is 1.84. The van der Waals surface area contributed by atoms with Crippen LogP contribution >= 0.6 is 11.6 Å². The molecule has 2 heteroatoms. The van der Waals surface area contributed by atoms with Crippen molar-refractivity contribution in [2.45, 2.75) is 24.8 Å². The Morgan fingerprint density at radius 2 is 2.43 bits per heavy atom. The zero-order valence-electron chi connectivity index (χ0n) is 4.50. The van der Waals surface area contributed by atoms with Crippen molar-refractivity contribution in [2.75, 3.05) is 6.54 Å². The van der Waals surface area contributed by atoms with Gasteiger partial charge in [-0.3, -0.25) is 5.32 Å². The highest BCUT2D eigenvalue weighted by Gasteiger charge is 2.23. The molecule has 0 aromatic heterocycles. The van der Waals surface area contributed by atoms with E-state index in [1.165, 1.54) is 6.42 Å². The first-order valence-corrected chi connectivity index (χ1v) is 3.02. The summed E-state index contributed by atoms with van der Waals surface area (Å²) in [5, 5.41) is 3.16. The minimum absolute atomic E-state index is 0.0833. The summed E-state index contributed by atoms with van der Waals surface area (Å²) in [7, 11) is 0. The lowest BCUT2D eigenvalue weighted by atomic mass is 10.2. The molecule has 0 bridgehead atoms. The fourth-order valence-electron chi connectivity index (χ4n) is 0.858. The molecule has 42 valence electrons. The summed E-state index contributed by atoms with van der Waals surface area (Å²) < 4.78 is 0. The third-order valence-corrected chi connectivity index (χ3v) is 1.64. The Balaban J connectivity index is 2.40. The molecule has 1 heterocycles. The molecule has 0 spiro atoms. The lowest BCUT2D eigenvalue weighted by Gasteiger charge is -2.12. The van der Waals surface area contributed by atoms with E-state index < -0.39 is 0 Å². The lowest BCUT2D eigenvalue weighted by molar-refractivity contribution is 0.590. The predicted octanol–water partition coefficient (Wildman–Crippen LogP) is 1.32. The highest BCUT2D eigenvalue weighted by atomic mass is 35.5. The zero-order chi connectivity index (χ0) is 5.33. The maximum absolute atomic E-state index is 5.86. The fourth-order valence-corrected chi connectivity index (χ4v) is 1.09. The molecule has 1 fully saturated rings. The van der Waals surface area contributed by atoms with Crippen molar-refractivity contribution >= 4 is 11.6 Å². The Morgan fingerprint density at radius 3 is 2.57 bits per heavy atom. The Kier molecular flexibility index (Phi) is 1.26. The van der Waals surface area contributed by atoms with Gasteiger partial charge in [0.2, 0.25) is 0 Å². The molecular formula is C5H10ClN. The van der Waals surface area contributed by atoms with Crippen LogP contribution in [0.15, 0.2) is 0 Å². The van der Waals surface area contributed by atoms with Gasteiger partial charge >= 0.3 is 0 Å². The first-order valence-electron chi connectivity index (χ1n) is 2.65. The predicted molar refractivity (Wildman–Crippen MR) is 31.5 cm³/mol. The molecule has 0 amide bonds. The summed E-state index contributed by atoms with van der Waals surface area (Å²) in [6.07, 6.45) is 2.33. The lowest BCUT2D eigenvalue weighted by Crippen LogP contribution is -2.28. The molecule has 1 aliphatic rings. The van der Waals surface area contributed by atoms with Crippen molar-refractivity contribution in [1.29, 1.82) is 0 Å².